The van der Waals surface area contributed by atoms with Crippen molar-refractivity contribution in [2.75, 3.05) is 19.6 Å². The lowest BCUT2D eigenvalue weighted by Crippen LogP contribution is -2.44. The zero-order valence-corrected chi connectivity index (χ0v) is 13.7. The normalized spacial score (nSPS) is 34.4. The van der Waals surface area contributed by atoms with E-state index in [0.29, 0.717) is 5.78 Å². The van der Waals surface area contributed by atoms with E-state index in [-0.39, 0.29) is 5.41 Å². The molecule has 1 saturated carbocycles. The van der Waals surface area contributed by atoms with Crippen molar-refractivity contribution >= 4 is 5.78 Å². The highest BCUT2D eigenvalue weighted by Crippen LogP contribution is 2.47. The highest BCUT2D eigenvalue weighted by Gasteiger charge is 2.45. The molecule has 1 spiro atoms. The second-order valence-electron chi connectivity index (χ2n) is 8.27. The Hall–Kier alpha value is -1.41. The first kappa shape index (κ1) is 14.0. The van der Waals surface area contributed by atoms with Crippen molar-refractivity contribution in [1.82, 2.24) is 4.90 Å². The topological polar surface area (TPSA) is 20.3 Å². The molecular weight excluding hydrogens is 282 g/mol. The van der Waals surface area contributed by atoms with Crippen LogP contribution in [0.3, 0.4) is 0 Å². The van der Waals surface area contributed by atoms with Crippen LogP contribution in [0, 0.1) is 17.8 Å². The first-order valence-corrected chi connectivity index (χ1v) is 9.27. The van der Waals surface area contributed by atoms with Crippen molar-refractivity contribution in [2.45, 2.75) is 37.5 Å². The van der Waals surface area contributed by atoms with Gasteiger partial charge >= 0.3 is 0 Å². The smallest absolute Gasteiger partial charge is 0.164 e. The molecule has 2 heteroatoms. The summed E-state index contributed by atoms with van der Waals surface area (Å²) in [5.41, 5.74) is 2.49. The van der Waals surface area contributed by atoms with E-state index in [1.807, 2.05) is 12.1 Å². The number of benzene rings is 1. The summed E-state index contributed by atoms with van der Waals surface area (Å²) in [4.78, 5) is 15.0. The van der Waals surface area contributed by atoms with Gasteiger partial charge in [-0.15, -0.1) is 0 Å². The monoisotopic (exact) mass is 307 g/mol. The predicted octanol–water partition coefficient (Wildman–Crippen LogP) is 3.82. The third-order valence-corrected chi connectivity index (χ3v) is 7.02. The van der Waals surface area contributed by atoms with E-state index >= 15 is 0 Å². The van der Waals surface area contributed by atoms with E-state index in [0.717, 1.165) is 42.6 Å². The Bertz CT molecular complexity index is 668. The average Bonchev–Trinajstić information content (AvgIpc) is 3.25. The minimum atomic E-state index is 0.152. The number of hydrogen-bond donors (Lipinski definition) is 0. The molecule has 5 rings (SSSR count). The van der Waals surface area contributed by atoms with Gasteiger partial charge in [-0.2, -0.15) is 0 Å². The van der Waals surface area contributed by atoms with Gasteiger partial charge in [-0.1, -0.05) is 36.4 Å². The summed E-state index contributed by atoms with van der Waals surface area (Å²) in [5, 5.41) is 0. The van der Waals surface area contributed by atoms with Gasteiger partial charge in [-0.25, -0.2) is 0 Å². The van der Waals surface area contributed by atoms with Gasteiger partial charge in [-0.3, -0.25) is 4.79 Å². The molecule has 0 N–H and O–H groups in total. The summed E-state index contributed by atoms with van der Waals surface area (Å²) in [7, 11) is 0. The number of ketones is 1. The molecule has 2 fully saturated rings. The predicted molar refractivity (Wildman–Crippen MR) is 91.6 cm³/mol. The number of carbonyl (C=O) groups excluding carboxylic acids is 1. The van der Waals surface area contributed by atoms with Gasteiger partial charge in [0.1, 0.15) is 0 Å². The molecule has 1 saturated heterocycles. The van der Waals surface area contributed by atoms with E-state index in [2.05, 4.69) is 29.2 Å². The molecule has 120 valence electrons. The van der Waals surface area contributed by atoms with Crippen molar-refractivity contribution in [3.63, 3.8) is 0 Å². The maximum absolute atomic E-state index is 12.4. The number of carbonyl (C=O) groups is 1. The summed E-state index contributed by atoms with van der Waals surface area (Å²) in [6.07, 6.45) is 10.8. The summed E-state index contributed by atoms with van der Waals surface area (Å²) in [6.45, 7) is 3.61. The molecule has 1 aromatic rings. The number of piperidine rings is 1. The van der Waals surface area contributed by atoms with Gasteiger partial charge in [0, 0.05) is 23.9 Å². The molecule has 0 aromatic heterocycles. The minimum Gasteiger partial charge on any atom is -0.303 e. The van der Waals surface area contributed by atoms with E-state index in [4.69, 9.17) is 0 Å². The lowest BCUT2D eigenvalue weighted by molar-refractivity contribution is 0.0919. The van der Waals surface area contributed by atoms with Gasteiger partial charge in [0.05, 0.1) is 0 Å². The molecule has 0 amide bonds. The first-order valence-electron chi connectivity index (χ1n) is 9.27. The summed E-state index contributed by atoms with van der Waals surface area (Å²) < 4.78 is 0. The standard InChI is InChI=1S/C21H25NO/c23-20-13-21(19-4-2-1-3-18(19)20)7-9-22(10-8-21)14-17-12-15-5-6-16(17)11-15/h1-6,15-17H,7-14H2/t15-,16-,17+/m0/s1. The highest BCUT2D eigenvalue weighted by molar-refractivity contribution is 6.02. The molecule has 0 radical (unpaired) electrons. The molecule has 3 atom stereocenters. The Kier molecular flexibility index (Phi) is 3.06. The molecule has 23 heavy (non-hydrogen) atoms. The second-order valence-corrected chi connectivity index (χ2v) is 8.27. The third-order valence-electron chi connectivity index (χ3n) is 7.02. The van der Waals surface area contributed by atoms with Crippen LogP contribution in [0.2, 0.25) is 0 Å². The average molecular weight is 307 g/mol. The van der Waals surface area contributed by atoms with Gasteiger partial charge in [0.15, 0.2) is 5.78 Å². The number of nitrogens with zero attached hydrogens (tertiary/aromatic N) is 1. The van der Waals surface area contributed by atoms with Gasteiger partial charge in [-0.05, 0) is 62.1 Å². The molecular formula is C21H25NO. The van der Waals surface area contributed by atoms with Crippen molar-refractivity contribution in [3.8, 4) is 0 Å². The van der Waals surface area contributed by atoms with Crippen LogP contribution in [0.25, 0.3) is 0 Å². The summed E-state index contributed by atoms with van der Waals surface area (Å²) >= 11 is 0. The number of allylic oxidation sites excluding steroid dienone is 2. The molecule has 0 unspecified atom stereocenters. The molecule has 1 aliphatic heterocycles. The van der Waals surface area contributed by atoms with Gasteiger partial charge in [0.25, 0.3) is 0 Å². The fourth-order valence-corrected chi connectivity index (χ4v) is 5.73. The SMILES string of the molecule is O=C1CC2(CCN(C[C@H]3C[C@H]4C=C[C@H]3C4)CC2)c2ccccc21. The van der Waals surface area contributed by atoms with E-state index in [1.54, 1.807) is 0 Å². The van der Waals surface area contributed by atoms with Crippen LogP contribution in [-0.4, -0.2) is 30.3 Å². The Morgan fingerprint density at radius 2 is 1.91 bits per heavy atom. The van der Waals surface area contributed by atoms with Crippen LogP contribution in [-0.2, 0) is 5.41 Å². The largest absolute Gasteiger partial charge is 0.303 e. The van der Waals surface area contributed by atoms with E-state index < -0.39 is 0 Å². The number of Topliss-reactive ketones (excluding diaryl/α,β-unsaturated/α-hetero) is 1. The van der Waals surface area contributed by atoms with Gasteiger partial charge in [0.2, 0.25) is 0 Å². The summed E-state index contributed by atoms with van der Waals surface area (Å²) in [5.74, 6) is 2.98. The molecule has 2 bridgehead atoms. The zero-order valence-electron chi connectivity index (χ0n) is 13.7. The number of likely N-dealkylation sites (tertiary alicyclic amines) is 1. The first-order chi connectivity index (χ1) is 11.2. The lowest BCUT2D eigenvalue weighted by Gasteiger charge is -2.41. The maximum Gasteiger partial charge on any atom is 0.164 e. The second kappa shape index (κ2) is 5.04. The molecule has 3 aliphatic carbocycles. The van der Waals surface area contributed by atoms with Crippen molar-refractivity contribution < 1.29 is 4.79 Å². The van der Waals surface area contributed by atoms with Gasteiger partial charge < -0.3 is 4.90 Å². The van der Waals surface area contributed by atoms with Crippen molar-refractivity contribution in [3.05, 3.63) is 47.5 Å². The quantitative estimate of drug-likeness (QED) is 0.774. The molecule has 2 nitrogen and oxygen atoms in total. The van der Waals surface area contributed by atoms with E-state index in [1.165, 1.54) is 38.0 Å². The fourth-order valence-electron chi connectivity index (χ4n) is 5.73. The van der Waals surface area contributed by atoms with Crippen LogP contribution >= 0.6 is 0 Å². The maximum atomic E-state index is 12.4. The van der Waals surface area contributed by atoms with Crippen molar-refractivity contribution in [1.29, 1.82) is 0 Å². The minimum absolute atomic E-state index is 0.152. The number of rotatable bonds is 2. The Morgan fingerprint density at radius 3 is 2.65 bits per heavy atom. The Morgan fingerprint density at radius 1 is 1.09 bits per heavy atom. The molecule has 1 aromatic carbocycles. The number of hydrogen-bond acceptors (Lipinski definition) is 2. The summed E-state index contributed by atoms with van der Waals surface area (Å²) in [6, 6.07) is 8.34. The lowest BCUT2D eigenvalue weighted by atomic mass is 9.73. The van der Waals surface area contributed by atoms with Crippen molar-refractivity contribution in [2.24, 2.45) is 17.8 Å². The highest BCUT2D eigenvalue weighted by atomic mass is 16.1. The van der Waals surface area contributed by atoms with Crippen LogP contribution in [0.4, 0.5) is 0 Å². The fraction of sp³-hybridized carbons (Fsp3) is 0.571. The van der Waals surface area contributed by atoms with E-state index in [9.17, 15) is 4.79 Å². The third kappa shape index (κ3) is 2.15. The van der Waals surface area contributed by atoms with Crippen LogP contribution in [0.15, 0.2) is 36.4 Å². The number of fused-ring (bicyclic) bond motifs is 4. The molecule has 4 aliphatic rings. The van der Waals surface area contributed by atoms with Crippen LogP contribution in [0.1, 0.15) is 48.0 Å². The van der Waals surface area contributed by atoms with Crippen LogP contribution in [0.5, 0.6) is 0 Å². The molecule has 1 heterocycles. The Balaban J connectivity index is 1.28. The zero-order chi connectivity index (χ0) is 15.4. The Labute approximate surface area is 138 Å². The van der Waals surface area contributed by atoms with Crippen LogP contribution < -0.4 is 0 Å².